The van der Waals surface area contributed by atoms with Gasteiger partial charge in [0.05, 0.1) is 18.3 Å². The SMILES string of the molecule is CC.CC.CC#N.COC1CCC2CCC3C4CCCC4(C)CC(OC)C3C2(C)C1. The highest BCUT2D eigenvalue weighted by Crippen LogP contribution is 2.66. The molecule has 0 heterocycles. The van der Waals surface area contributed by atoms with Crippen LogP contribution >= 0.6 is 0 Å². The lowest BCUT2D eigenvalue weighted by molar-refractivity contribution is -0.184. The van der Waals surface area contributed by atoms with Crippen LogP contribution in [0.1, 0.15) is 106 Å². The quantitative estimate of drug-likeness (QED) is 0.460. The van der Waals surface area contributed by atoms with Crippen LogP contribution in [0.2, 0.25) is 0 Å². The van der Waals surface area contributed by atoms with Gasteiger partial charge in [0.25, 0.3) is 0 Å². The van der Waals surface area contributed by atoms with Crippen LogP contribution in [0.4, 0.5) is 0 Å². The predicted molar refractivity (Wildman–Crippen MR) is 127 cm³/mol. The maximum Gasteiger partial charge on any atom is 0.0612 e. The van der Waals surface area contributed by atoms with E-state index in [-0.39, 0.29) is 0 Å². The second-order valence-corrected chi connectivity index (χ2v) is 9.96. The summed E-state index contributed by atoms with van der Waals surface area (Å²) in [6.07, 6.45) is 13.4. The molecule has 176 valence electrons. The fourth-order valence-corrected chi connectivity index (χ4v) is 7.83. The molecule has 0 aromatic carbocycles. The smallest absolute Gasteiger partial charge is 0.0612 e. The summed E-state index contributed by atoms with van der Waals surface area (Å²) in [6, 6.07) is 1.75. The Hall–Kier alpha value is -0.590. The number of nitriles is 1. The first-order valence-electron chi connectivity index (χ1n) is 12.8. The Morgan fingerprint density at radius 3 is 2.03 bits per heavy atom. The van der Waals surface area contributed by atoms with Gasteiger partial charge in [-0.1, -0.05) is 48.0 Å². The summed E-state index contributed by atoms with van der Waals surface area (Å²) in [5.41, 5.74) is 0.993. The molecule has 4 rings (SSSR count). The first-order chi connectivity index (χ1) is 14.4. The second kappa shape index (κ2) is 12.4. The van der Waals surface area contributed by atoms with Crippen molar-refractivity contribution in [2.24, 2.45) is 34.5 Å². The van der Waals surface area contributed by atoms with Crippen molar-refractivity contribution in [3.63, 3.8) is 0 Å². The lowest BCUT2D eigenvalue weighted by Crippen LogP contribution is -2.59. The highest BCUT2D eigenvalue weighted by atomic mass is 16.5. The molecule has 3 nitrogen and oxygen atoms in total. The standard InChI is InChI=1S/C21H36O2.C2H3N.2C2H6/c1-20-11-5-6-17(20)16-10-8-14-7-9-15(22-3)12-21(14,2)19(16)18(13-20)23-4;1-2-3;2*1-2/h14-19H,5-13H2,1-4H3;1H3;2*1-2H3. The summed E-state index contributed by atoms with van der Waals surface area (Å²) in [5, 5.41) is 7.32. The van der Waals surface area contributed by atoms with Crippen LogP contribution in [0, 0.1) is 45.8 Å². The molecule has 8 unspecified atom stereocenters. The zero-order chi connectivity index (χ0) is 22.9. The zero-order valence-electron chi connectivity index (χ0n) is 21.6. The molecule has 4 saturated carbocycles. The highest BCUT2D eigenvalue weighted by molar-refractivity contribution is 5.10. The van der Waals surface area contributed by atoms with E-state index in [1.807, 2.05) is 41.9 Å². The average Bonchev–Trinajstić information content (AvgIpc) is 3.17. The first kappa shape index (κ1) is 27.4. The molecule has 0 radical (unpaired) electrons. The molecular weight excluding hydrogens is 370 g/mol. The predicted octanol–water partition coefficient (Wildman–Crippen LogP) is 7.64. The lowest BCUT2D eigenvalue weighted by atomic mass is 9.44. The number of hydrogen-bond acceptors (Lipinski definition) is 3. The van der Waals surface area contributed by atoms with Crippen LogP contribution in [0.25, 0.3) is 0 Å². The minimum absolute atomic E-state index is 0.437. The Morgan fingerprint density at radius 1 is 0.867 bits per heavy atom. The Labute approximate surface area is 188 Å². The van der Waals surface area contributed by atoms with Gasteiger partial charge in [0.1, 0.15) is 0 Å². The molecule has 0 bridgehead atoms. The molecule has 0 aromatic rings. The Kier molecular flexibility index (Phi) is 11.4. The van der Waals surface area contributed by atoms with Crippen molar-refractivity contribution in [1.29, 1.82) is 5.26 Å². The molecule has 0 N–H and O–H groups in total. The van der Waals surface area contributed by atoms with Gasteiger partial charge in [-0.2, -0.15) is 5.26 Å². The number of methoxy groups -OCH3 is 2. The fourth-order valence-electron chi connectivity index (χ4n) is 7.83. The van der Waals surface area contributed by atoms with Gasteiger partial charge in [-0.3, -0.25) is 0 Å². The molecule has 0 amide bonds. The van der Waals surface area contributed by atoms with Gasteiger partial charge < -0.3 is 9.47 Å². The van der Waals surface area contributed by atoms with E-state index in [4.69, 9.17) is 14.7 Å². The molecule has 4 aliphatic carbocycles. The van der Waals surface area contributed by atoms with Gasteiger partial charge in [-0.05, 0) is 85.9 Å². The molecule has 0 spiro atoms. The molecule has 0 aliphatic heterocycles. The average molecular weight is 422 g/mol. The van der Waals surface area contributed by atoms with Crippen LogP contribution < -0.4 is 0 Å². The van der Waals surface area contributed by atoms with Crippen LogP contribution in [-0.2, 0) is 9.47 Å². The third-order valence-electron chi connectivity index (χ3n) is 8.89. The lowest BCUT2D eigenvalue weighted by Gasteiger charge is -2.62. The van der Waals surface area contributed by atoms with Gasteiger partial charge >= 0.3 is 0 Å². The summed E-state index contributed by atoms with van der Waals surface area (Å²) < 4.78 is 12.0. The van der Waals surface area contributed by atoms with Crippen molar-refractivity contribution >= 4 is 0 Å². The molecule has 4 aliphatic rings. The van der Waals surface area contributed by atoms with E-state index in [9.17, 15) is 0 Å². The summed E-state index contributed by atoms with van der Waals surface area (Å²) >= 11 is 0. The zero-order valence-corrected chi connectivity index (χ0v) is 21.6. The van der Waals surface area contributed by atoms with Crippen LogP contribution in [-0.4, -0.2) is 26.4 Å². The topological polar surface area (TPSA) is 42.2 Å². The fraction of sp³-hybridized carbons (Fsp3) is 0.963. The van der Waals surface area contributed by atoms with Gasteiger partial charge in [0.15, 0.2) is 0 Å². The molecule has 0 saturated heterocycles. The van der Waals surface area contributed by atoms with Crippen LogP contribution in [0.5, 0.6) is 0 Å². The van der Waals surface area contributed by atoms with Gasteiger partial charge in [-0.15, -0.1) is 0 Å². The molecule has 8 atom stereocenters. The van der Waals surface area contributed by atoms with Crippen molar-refractivity contribution in [3.05, 3.63) is 0 Å². The van der Waals surface area contributed by atoms with E-state index in [0.29, 0.717) is 23.0 Å². The van der Waals surface area contributed by atoms with Crippen molar-refractivity contribution in [2.45, 2.75) is 118 Å². The first-order valence-corrected chi connectivity index (χ1v) is 12.8. The normalized spacial score (nSPS) is 43.5. The maximum absolute atomic E-state index is 7.32. The monoisotopic (exact) mass is 421 g/mol. The number of fused-ring (bicyclic) bond motifs is 5. The van der Waals surface area contributed by atoms with E-state index in [0.717, 1.165) is 23.7 Å². The second-order valence-electron chi connectivity index (χ2n) is 9.96. The van der Waals surface area contributed by atoms with E-state index >= 15 is 0 Å². The third kappa shape index (κ3) is 5.24. The van der Waals surface area contributed by atoms with Gasteiger partial charge in [-0.25, -0.2) is 0 Å². The largest absolute Gasteiger partial charge is 0.381 e. The van der Waals surface area contributed by atoms with Crippen molar-refractivity contribution in [3.8, 4) is 6.07 Å². The molecule has 30 heavy (non-hydrogen) atoms. The summed E-state index contributed by atoms with van der Waals surface area (Å²) in [6.45, 7) is 14.6. The summed E-state index contributed by atoms with van der Waals surface area (Å²) in [4.78, 5) is 0. The third-order valence-corrected chi connectivity index (χ3v) is 8.89. The number of hydrogen-bond donors (Lipinski definition) is 0. The van der Waals surface area contributed by atoms with Crippen molar-refractivity contribution in [2.75, 3.05) is 14.2 Å². The number of ether oxygens (including phenoxy) is 2. The Morgan fingerprint density at radius 2 is 1.47 bits per heavy atom. The highest BCUT2D eigenvalue weighted by Gasteiger charge is 2.61. The van der Waals surface area contributed by atoms with Gasteiger partial charge in [0.2, 0.25) is 0 Å². The maximum atomic E-state index is 7.32. The van der Waals surface area contributed by atoms with Crippen molar-refractivity contribution in [1.82, 2.24) is 0 Å². The summed E-state index contributed by atoms with van der Waals surface area (Å²) in [5.74, 6) is 3.52. The Bertz CT molecular complexity index is 529. The molecule has 3 heteroatoms. The number of nitrogens with zero attached hydrogens (tertiary/aromatic N) is 1. The minimum atomic E-state index is 0.437. The number of rotatable bonds is 2. The molecule has 4 fully saturated rings. The Balaban J connectivity index is 0.000000579. The van der Waals surface area contributed by atoms with Crippen molar-refractivity contribution < 1.29 is 9.47 Å². The molecule has 0 aromatic heterocycles. The summed E-state index contributed by atoms with van der Waals surface area (Å²) in [7, 11) is 3.89. The van der Waals surface area contributed by atoms with Crippen LogP contribution in [0.15, 0.2) is 0 Å². The van der Waals surface area contributed by atoms with E-state index in [2.05, 4.69) is 13.8 Å². The van der Waals surface area contributed by atoms with E-state index in [1.165, 1.54) is 64.7 Å². The van der Waals surface area contributed by atoms with E-state index in [1.54, 1.807) is 6.07 Å². The minimum Gasteiger partial charge on any atom is -0.381 e. The van der Waals surface area contributed by atoms with E-state index < -0.39 is 0 Å². The molecular formula is C27H51NO2. The van der Waals surface area contributed by atoms with Gasteiger partial charge in [0, 0.05) is 21.1 Å². The van der Waals surface area contributed by atoms with Crippen LogP contribution in [0.3, 0.4) is 0 Å².